The number of hydrogen-bond donors (Lipinski definition) is 1. The van der Waals surface area contributed by atoms with Crippen molar-refractivity contribution in [1.29, 1.82) is 0 Å². The number of aromatic nitrogens is 3. The molecule has 3 heterocycles. The molecule has 3 aromatic rings. The molecule has 1 atom stereocenters. The molecule has 0 spiro atoms. The Morgan fingerprint density at radius 1 is 1.19 bits per heavy atom. The minimum absolute atomic E-state index is 0.264. The van der Waals surface area contributed by atoms with Gasteiger partial charge >= 0.3 is 0 Å². The van der Waals surface area contributed by atoms with Crippen molar-refractivity contribution in [1.82, 2.24) is 19.9 Å². The van der Waals surface area contributed by atoms with Crippen molar-refractivity contribution in [3.05, 3.63) is 54.0 Å². The number of nitrogens with one attached hydrogen (secondary N) is 1. The highest BCUT2D eigenvalue weighted by Gasteiger charge is 2.17. The molecule has 1 saturated heterocycles. The molecule has 6 heteroatoms. The number of hydrogen-bond acceptors (Lipinski definition) is 5. The van der Waals surface area contributed by atoms with Gasteiger partial charge in [-0.1, -0.05) is 18.2 Å². The third-order valence-electron chi connectivity index (χ3n) is 5.04. The van der Waals surface area contributed by atoms with Gasteiger partial charge in [-0.3, -0.25) is 0 Å². The highest BCUT2D eigenvalue weighted by Crippen LogP contribution is 2.17. The fourth-order valence-corrected chi connectivity index (χ4v) is 3.67. The minimum atomic E-state index is 0.264. The van der Waals surface area contributed by atoms with Gasteiger partial charge in [0, 0.05) is 32.4 Å². The molecule has 1 fully saturated rings. The Morgan fingerprint density at radius 2 is 2.07 bits per heavy atom. The Hall–Kier alpha value is -2.44. The molecule has 0 bridgehead atoms. The van der Waals surface area contributed by atoms with Crippen LogP contribution in [-0.4, -0.2) is 40.3 Å². The number of para-hydroxylation sites is 2. The first-order chi connectivity index (χ1) is 13.2. The minimum Gasteiger partial charge on any atom is -0.375 e. The summed E-state index contributed by atoms with van der Waals surface area (Å²) in [4.78, 5) is 11.7. The van der Waals surface area contributed by atoms with Crippen molar-refractivity contribution >= 4 is 16.9 Å². The maximum absolute atomic E-state index is 5.60. The fourth-order valence-electron chi connectivity index (χ4n) is 3.67. The van der Waals surface area contributed by atoms with Gasteiger partial charge in [-0.15, -0.1) is 0 Å². The maximum atomic E-state index is 5.60. The van der Waals surface area contributed by atoms with Crippen LogP contribution in [0.1, 0.15) is 25.2 Å². The van der Waals surface area contributed by atoms with Gasteiger partial charge in [0.2, 0.25) is 0 Å². The van der Waals surface area contributed by atoms with Crippen LogP contribution in [0.4, 0.5) is 5.82 Å². The second-order valence-corrected chi connectivity index (χ2v) is 7.02. The Bertz CT molecular complexity index is 889. The molecule has 1 unspecified atom stereocenters. The first-order valence-corrected chi connectivity index (χ1v) is 9.71. The SMILES string of the molecule is CCn1c(CNCc2ccc(N3CCOC(C)C3)nc2)nc2ccccc21. The van der Waals surface area contributed by atoms with Crippen LogP contribution in [0.25, 0.3) is 11.0 Å². The number of anilines is 1. The number of rotatable bonds is 6. The number of pyridine rings is 1. The van der Waals surface area contributed by atoms with E-state index in [1.807, 2.05) is 12.3 Å². The molecule has 2 aromatic heterocycles. The standard InChI is InChI=1S/C21H27N5O/c1-3-26-19-7-5-4-6-18(19)24-21(26)14-22-12-17-8-9-20(23-13-17)25-10-11-27-16(2)15-25/h4-9,13,16,22H,3,10-12,14-15H2,1-2H3. The number of benzene rings is 1. The van der Waals surface area contributed by atoms with Crippen LogP contribution in [0.15, 0.2) is 42.6 Å². The van der Waals surface area contributed by atoms with Gasteiger partial charge in [-0.25, -0.2) is 9.97 Å². The predicted octanol–water partition coefficient (Wildman–Crippen LogP) is 2.97. The summed E-state index contributed by atoms with van der Waals surface area (Å²) in [5, 5.41) is 3.50. The quantitative estimate of drug-likeness (QED) is 0.728. The van der Waals surface area contributed by atoms with Gasteiger partial charge in [0.25, 0.3) is 0 Å². The van der Waals surface area contributed by atoms with E-state index in [1.54, 1.807) is 0 Å². The molecule has 0 amide bonds. The van der Waals surface area contributed by atoms with Gasteiger partial charge in [0.05, 0.1) is 30.3 Å². The highest BCUT2D eigenvalue weighted by molar-refractivity contribution is 5.75. The van der Waals surface area contributed by atoms with E-state index in [-0.39, 0.29) is 6.10 Å². The van der Waals surface area contributed by atoms with Gasteiger partial charge in [0.1, 0.15) is 11.6 Å². The maximum Gasteiger partial charge on any atom is 0.128 e. The van der Waals surface area contributed by atoms with Gasteiger partial charge in [-0.2, -0.15) is 0 Å². The summed E-state index contributed by atoms with van der Waals surface area (Å²) in [7, 11) is 0. The first kappa shape index (κ1) is 17.9. The van der Waals surface area contributed by atoms with E-state index in [0.29, 0.717) is 0 Å². The van der Waals surface area contributed by atoms with Crippen LogP contribution in [0, 0.1) is 0 Å². The average molecular weight is 365 g/mol. The van der Waals surface area contributed by atoms with Crippen molar-refractivity contribution in [2.75, 3.05) is 24.6 Å². The molecule has 142 valence electrons. The topological polar surface area (TPSA) is 55.2 Å². The molecule has 4 rings (SSSR count). The van der Waals surface area contributed by atoms with Gasteiger partial charge in [0.15, 0.2) is 0 Å². The first-order valence-electron chi connectivity index (χ1n) is 9.71. The summed E-state index contributed by atoms with van der Waals surface area (Å²) in [5.41, 5.74) is 3.43. The van der Waals surface area contributed by atoms with Crippen LogP contribution >= 0.6 is 0 Å². The second-order valence-electron chi connectivity index (χ2n) is 7.02. The lowest BCUT2D eigenvalue weighted by atomic mass is 10.2. The Balaban J connectivity index is 1.37. The molecule has 27 heavy (non-hydrogen) atoms. The number of aryl methyl sites for hydroxylation is 1. The van der Waals surface area contributed by atoms with Crippen molar-refractivity contribution in [3.63, 3.8) is 0 Å². The largest absolute Gasteiger partial charge is 0.375 e. The van der Waals surface area contributed by atoms with E-state index < -0.39 is 0 Å². The lowest BCUT2D eigenvalue weighted by molar-refractivity contribution is 0.0529. The third kappa shape index (κ3) is 3.96. The van der Waals surface area contributed by atoms with E-state index in [0.717, 1.165) is 56.5 Å². The van der Waals surface area contributed by atoms with Crippen LogP contribution in [0.2, 0.25) is 0 Å². The zero-order valence-electron chi connectivity index (χ0n) is 16.1. The molecule has 1 aliphatic rings. The Kier molecular flexibility index (Phi) is 5.36. The second kappa shape index (κ2) is 8.06. The Labute approximate surface area is 160 Å². The molecule has 0 saturated carbocycles. The van der Waals surface area contributed by atoms with Gasteiger partial charge < -0.3 is 19.5 Å². The lowest BCUT2D eigenvalue weighted by Crippen LogP contribution is -2.41. The van der Waals surface area contributed by atoms with E-state index in [1.165, 1.54) is 11.1 Å². The van der Waals surface area contributed by atoms with E-state index in [4.69, 9.17) is 9.72 Å². The zero-order chi connectivity index (χ0) is 18.6. The number of morpholine rings is 1. The summed E-state index contributed by atoms with van der Waals surface area (Å²) >= 11 is 0. The Morgan fingerprint density at radius 3 is 2.85 bits per heavy atom. The zero-order valence-corrected chi connectivity index (χ0v) is 16.1. The predicted molar refractivity (Wildman–Crippen MR) is 108 cm³/mol. The van der Waals surface area contributed by atoms with Gasteiger partial charge in [-0.05, 0) is 37.6 Å². The summed E-state index contributed by atoms with van der Waals surface area (Å²) in [6.45, 7) is 9.28. The summed E-state index contributed by atoms with van der Waals surface area (Å²) < 4.78 is 7.87. The van der Waals surface area contributed by atoms with Crippen LogP contribution in [0.3, 0.4) is 0 Å². The van der Waals surface area contributed by atoms with Crippen LogP contribution in [0.5, 0.6) is 0 Å². The number of fused-ring (bicyclic) bond motifs is 1. The summed E-state index contributed by atoms with van der Waals surface area (Å²) in [6.07, 6.45) is 2.23. The molecule has 6 nitrogen and oxygen atoms in total. The molecule has 0 radical (unpaired) electrons. The smallest absolute Gasteiger partial charge is 0.128 e. The van der Waals surface area contributed by atoms with Crippen LogP contribution in [-0.2, 0) is 24.4 Å². The fraction of sp³-hybridized carbons (Fsp3) is 0.429. The summed E-state index contributed by atoms with van der Waals surface area (Å²) in [5.74, 6) is 2.10. The average Bonchev–Trinajstić information content (AvgIpc) is 3.06. The molecule has 1 N–H and O–H groups in total. The normalized spacial score (nSPS) is 17.6. The monoisotopic (exact) mass is 365 g/mol. The van der Waals surface area contributed by atoms with Crippen molar-refractivity contribution in [2.24, 2.45) is 0 Å². The van der Waals surface area contributed by atoms with Crippen molar-refractivity contribution in [3.8, 4) is 0 Å². The summed E-state index contributed by atoms with van der Waals surface area (Å²) in [6, 6.07) is 12.6. The highest BCUT2D eigenvalue weighted by atomic mass is 16.5. The third-order valence-corrected chi connectivity index (χ3v) is 5.04. The van der Waals surface area contributed by atoms with E-state index in [2.05, 4.69) is 63.9 Å². The molecule has 1 aliphatic heterocycles. The molecule has 0 aliphatic carbocycles. The van der Waals surface area contributed by atoms with E-state index >= 15 is 0 Å². The number of imidazole rings is 1. The number of ether oxygens (including phenoxy) is 1. The van der Waals surface area contributed by atoms with Crippen LogP contribution < -0.4 is 10.2 Å². The van der Waals surface area contributed by atoms with E-state index in [9.17, 15) is 0 Å². The molecular weight excluding hydrogens is 338 g/mol. The molecule has 1 aromatic carbocycles. The van der Waals surface area contributed by atoms with Crippen molar-refractivity contribution in [2.45, 2.75) is 39.6 Å². The lowest BCUT2D eigenvalue weighted by Gasteiger charge is -2.32. The van der Waals surface area contributed by atoms with Crippen molar-refractivity contribution < 1.29 is 4.74 Å². The molecular formula is C21H27N5O. The number of nitrogens with zero attached hydrogens (tertiary/aromatic N) is 4.